The molecule has 1 aliphatic carbocycles. The number of nitrogens with zero attached hydrogens (tertiary/aromatic N) is 1. The lowest BCUT2D eigenvalue weighted by molar-refractivity contribution is 0.100. The van der Waals surface area contributed by atoms with Gasteiger partial charge in [0.15, 0.2) is 0 Å². The van der Waals surface area contributed by atoms with Crippen molar-refractivity contribution < 1.29 is 4.79 Å². The van der Waals surface area contributed by atoms with E-state index in [1.807, 2.05) is 0 Å². The number of nitrogens with one attached hydrogen (secondary N) is 1. The number of aromatic amines is 1. The Labute approximate surface area is 91.4 Å². The highest BCUT2D eigenvalue weighted by molar-refractivity contribution is 6.20. The second kappa shape index (κ2) is 3.04. The Bertz CT molecular complexity index is 584. The van der Waals surface area contributed by atoms with Crippen LogP contribution in [0, 0.1) is 0 Å². The molecule has 5 nitrogen and oxygen atoms in total. The number of aromatic nitrogens is 1. The van der Waals surface area contributed by atoms with Gasteiger partial charge < -0.3 is 10.7 Å². The van der Waals surface area contributed by atoms with E-state index in [0.717, 1.165) is 36.9 Å². The van der Waals surface area contributed by atoms with Crippen molar-refractivity contribution in [3.8, 4) is 0 Å². The zero-order valence-corrected chi connectivity index (χ0v) is 8.67. The van der Waals surface area contributed by atoms with Crippen molar-refractivity contribution in [1.29, 1.82) is 0 Å². The van der Waals surface area contributed by atoms with Gasteiger partial charge in [0.1, 0.15) is 11.4 Å². The van der Waals surface area contributed by atoms with E-state index in [0.29, 0.717) is 5.56 Å². The minimum atomic E-state index is -0.512. The number of H-pyrrole nitrogens is 1. The van der Waals surface area contributed by atoms with Crippen LogP contribution in [0.1, 0.15) is 40.0 Å². The number of aliphatic imine (C=N–C) groups is 1. The van der Waals surface area contributed by atoms with Crippen LogP contribution in [0.15, 0.2) is 9.79 Å². The first-order valence-corrected chi connectivity index (χ1v) is 5.35. The predicted molar refractivity (Wildman–Crippen MR) is 58.8 cm³/mol. The van der Waals surface area contributed by atoms with Crippen molar-refractivity contribution in [3.05, 3.63) is 32.7 Å². The lowest BCUT2D eigenvalue weighted by Gasteiger charge is -2.17. The topological polar surface area (TPSA) is 88.3 Å². The number of carbonyl (C=O) groups is 1. The second-order valence-corrected chi connectivity index (χ2v) is 4.17. The molecule has 0 bridgehead atoms. The molecule has 0 saturated carbocycles. The third-order valence-corrected chi connectivity index (χ3v) is 3.20. The zero-order valence-electron chi connectivity index (χ0n) is 8.67. The van der Waals surface area contributed by atoms with E-state index >= 15 is 0 Å². The SMILES string of the molecule is NC1=NC(=O)c2c1c1c([nH]c2=O)CCCC1. The van der Waals surface area contributed by atoms with Crippen molar-refractivity contribution in [3.63, 3.8) is 0 Å². The Kier molecular flexibility index (Phi) is 1.77. The van der Waals surface area contributed by atoms with Gasteiger partial charge in [-0.25, -0.2) is 0 Å². The number of pyridine rings is 1. The molecule has 0 spiro atoms. The molecule has 0 aromatic carbocycles. The molecule has 3 N–H and O–H groups in total. The molecule has 82 valence electrons. The van der Waals surface area contributed by atoms with Crippen LogP contribution in [-0.4, -0.2) is 16.7 Å². The average molecular weight is 217 g/mol. The predicted octanol–water partition coefficient (Wildman–Crippen LogP) is 0.113. The maximum atomic E-state index is 11.7. The number of hydrogen-bond acceptors (Lipinski definition) is 3. The zero-order chi connectivity index (χ0) is 11.3. The number of fused-ring (bicyclic) bond motifs is 3. The summed E-state index contributed by atoms with van der Waals surface area (Å²) in [5, 5.41) is 0. The largest absolute Gasteiger partial charge is 0.383 e. The van der Waals surface area contributed by atoms with Gasteiger partial charge in [0, 0.05) is 11.3 Å². The Morgan fingerprint density at radius 1 is 1.12 bits per heavy atom. The van der Waals surface area contributed by atoms with E-state index in [-0.39, 0.29) is 17.0 Å². The molecule has 0 atom stereocenters. The minimum absolute atomic E-state index is 0.123. The van der Waals surface area contributed by atoms with Crippen molar-refractivity contribution in [2.75, 3.05) is 0 Å². The number of rotatable bonds is 0. The molecule has 2 heterocycles. The van der Waals surface area contributed by atoms with E-state index in [2.05, 4.69) is 9.98 Å². The Morgan fingerprint density at radius 3 is 2.69 bits per heavy atom. The van der Waals surface area contributed by atoms with E-state index in [9.17, 15) is 9.59 Å². The monoisotopic (exact) mass is 217 g/mol. The molecule has 0 radical (unpaired) electrons. The lowest BCUT2D eigenvalue weighted by atomic mass is 9.90. The fraction of sp³-hybridized carbons (Fsp3) is 0.364. The molecule has 16 heavy (non-hydrogen) atoms. The fourth-order valence-corrected chi connectivity index (χ4v) is 2.49. The number of hydrogen-bond donors (Lipinski definition) is 2. The normalized spacial score (nSPS) is 18.0. The molecule has 1 amide bonds. The molecule has 0 unspecified atom stereocenters. The highest BCUT2D eigenvalue weighted by Crippen LogP contribution is 2.26. The van der Waals surface area contributed by atoms with Gasteiger partial charge in [-0.1, -0.05) is 0 Å². The quantitative estimate of drug-likeness (QED) is 0.646. The summed E-state index contributed by atoms with van der Waals surface area (Å²) >= 11 is 0. The van der Waals surface area contributed by atoms with Crippen LogP contribution in [0.4, 0.5) is 0 Å². The minimum Gasteiger partial charge on any atom is -0.383 e. The summed E-state index contributed by atoms with van der Waals surface area (Å²) in [6, 6.07) is 0. The first-order valence-electron chi connectivity index (χ1n) is 5.35. The van der Waals surface area contributed by atoms with Gasteiger partial charge >= 0.3 is 0 Å². The summed E-state index contributed by atoms with van der Waals surface area (Å²) in [5.41, 5.74) is 7.99. The molecule has 2 aliphatic rings. The number of amides is 1. The van der Waals surface area contributed by atoms with Crippen LogP contribution in [0.5, 0.6) is 0 Å². The Hall–Kier alpha value is -1.91. The first kappa shape index (κ1) is 9.33. The van der Waals surface area contributed by atoms with Gasteiger partial charge in [-0.3, -0.25) is 9.59 Å². The summed E-state index contributed by atoms with van der Waals surface area (Å²) < 4.78 is 0. The molecular weight excluding hydrogens is 206 g/mol. The summed E-state index contributed by atoms with van der Waals surface area (Å²) in [5.74, 6) is -0.314. The van der Waals surface area contributed by atoms with Gasteiger partial charge in [0.25, 0.3) is 11.5 Å². The van der Waals surface area contributed by atoms with Crippen LogP contribution >= 0.6 is 0 Å². The summed E-state index contributed by atoms with van der Waals surface area (Å²) in [6.45, 7) is 0. The van der Waals surface area contributed by atoms with E-state index < -0.39 is 5.91 Å². The van der Waals surface area contributed by atoms with Gasteiger partial charge in [0.05, 0.1) is 0 Å². The first-order chi connectivity index (χ1) is 7.68. The molecule has 1 aromatic heterocycles. The van der Waals surface area contributed by atoms with Crippen LogP contribution in [-0.2, 0) is 12.8 Å². The van der Waals surface area contributed by atoms with Crippen molar-refractivity contribution >= 4 is 11.7 Å². The van der Waals surface area contributed by atoms with Gasteiger partial charge in [-0.05, 0) is 31.2 Å². The summed E-state index contributed by atoms with van der Waals surface area (Å²) in [6.07, 6.45) is 3.83. The highest BCUT2D eigenvalue weighted by atomic mass is 16.2. The van der Waals surface area contributed by atoms with Crippen LogP contribution in [0.3, 0.4) is 0 Å². The van der Waals surface area contributed by atoms with E-state index in [4.69, 9.17) is 5.73 Å². The maximum absolute atomic E-state index is 11.7. The number of amidine groups is 1. The molecule has 0 fully saturated rings. The van der Waals surface area contributed by atoms with Crippen molar-refractivity contribution in [2.45, 2.75) is 25.7 Å². The summed E-state index contributed by atoms with van der Waals surface area (Å²) in [4.78, 5) is 29.7. The van der Waals surface area contributed by atoms with E-state index in [1.165, 1.54) is 0 Å². The van der Waals surface area contributed by atoms with Crippen molar-refractivity contribution in [2.24, 2.45) is 10.7 Å². The number of nitrogens with two attached hydrogens (primary N) is 1. The van der Waals surface area contributed by atoms with Gasteiger partial charge in [0.2, 0.25) is 0 Å². The highest BCUT2D eigenvalue weighted by Gasteiger charge is 2.30. The van der Waals surface area contributed by atoms with Gasteiger partial charge in [-0.15, -0.1) is 0 Å². The summed E-state index contributed by atoms with van der Waals surface area (Å²) in [7, 11) is 0. The third kappa shape index (κ3) is 1.08. The molecule has 1 aromatic rings. The molecule has 0 saturated heterocycles. The van der Waals surface area contributed by atoms with Crippen LogP contribution < -0.4 is 11.3 Å². The molecule has 3 rings (SSSR count). The smallest absolute Gasteiger partial charge is 0.285 e. The lowest BCUT2D eigenvalue weighted by Crippen LogP contribution is -2.25. The molecule has 1 aliphatic heterocycles. The van der Waals surface area contributed by atoms with Crippen molar-refractivity contribution in [1.82, 2.24) is 4.98 Å². The third-order valence-electron chi connectivity index (χ3n) is 3.20. The second-order valence-electron chi connectivity index (χ2n) is 4.17. The van der Waals surface area contributed by atoms with Crippen LogP contribution in [0.2, 0.25) is 0 Å². The Balaban J connectivity index is 2.38. The fourth-order valence-electron chi connectivity index (χ4n) is 2.49. The van der Waals surface area contributed by atoms with E-state index in [1.54, 1.807) is 0 Å². The molecule has 5 heteroatoms. The van der Waals surface area contributed by atoms with Gasteiger partial charge in [-0.2, -0.15) is 4.99 Å². The standard InChI is InChI=1S/C11H11N3O2/c12-9-7-5-3-1-2-4-6(5)13-10(15)8(7)11(16)14-9/h1-4H2,(H,13,15)(H2,12,14,16). The van der Waals surface area contributed by atoms with Crippen LogP contribution in [0.25, 0.3) is 0 Å². The average Bonchev–Trinajstić information content (AvgIpc) is 2.55. The number of carbonyl (C=O) groups excluding carboxylic acids is 1. The Morgan fingerprint density at radius 2 is 1.88 bits per heavy atom. The number of aryl methyl sites for hydroxylation is 1. The molecular formula is C11H11N3O2. The maximum Gasteiger partial charge on any atom is 0.285 e.